The summed E-state index contributed by atoms with van der Waals surface area (Å²) in [5, 5.41) is 0. The fraction of sp³-hybridized carbons (Fsp3) is 0.200. The van der Waals surface area contributed by atoms with Crippen LogP contribution in [0.3, 0.4) is 0 Å². The maximum atomic E-state index is 14.1. The fourth-order valence-electron chi connectivity index (χ4n) is 5.93. The molecule has 0 saturated carbocycles. The Bertz CT molecular complexity index is 1570. The van der Waals surface area contributed by atoms with E-state index in [1.54, 1.807) is 37.4 Å². The average molecular weight is 587 g/mol. The van der Waals surface area contributed by atoms with Crippen LogP contribution in [0, 0.1) is 11.8 Å². The normalized spacial score (nSPS) is 22.8. The molecule has 4 unspecified atom stereocenters. The van der Waals surface area contributed by atoms with Gasteiger partial charge >= 0.3 is 5.97 Å². The van der Waals surface area contributed by atoms with Gasteiger partial charge in [-0.15, -0.1) is 0 Å². The summed E-state index contributed by atoms with van der Waals surface area (Å²) >= 11 is 3.45. The van der Waals surface area contributed by atoms with Gasteiger partial charge in [0.05, 0.1) is 35.1 Å². The van der Waals surface area contributed by atoms with E-state index in [9.17, 15) is 19.2 Å². The van der Waals surface area contributed by atoms with Crippen LogP contribution < -0.4 is 14.4 Å². The highest BCUT2D eigenvalue weighted by Crippen LogP contribution is 2.53. The number of ketones is 1. The minimum Gasteiger partial charge on any atom is -0.496 e. The number of Topliss-reactive ketones (excluding diaryl/α,β-unsaturated/α-hetero) is 1. The minimum absolute atomic E-state index is 0.256. The molecule has 8 nitrogen and oxygen atoms in total. The number of methoxy groups -OCH3 is 1. The Morgan fingerprint density at radius 2 is 1.64 bits per heavy atom. The van der Waals surface area contributed by atoms with Crippen molar-refractivity contribution in [3.05, 3.63) is 94.1 Å². The Balaban J connectivity index is 1.44. The number of carbonyl (C=O) groups excluding carboxylic acids is 4. The number of amides is 2. The van der Waals surface area contributed by atoms with E-state index in [1.807, 2.05) is 41.4 Å². The van der Waals surface area contributed by atoms with Crippen molar-refractivity contribution in [3.8, 4) is 11.5 Å². The van der Waals surface area contributed by atoms with Crippen LogP contribution in [0.15, 0.2) is 77.4 Å². The highest BCUT2D eigenvalue weighted by molar-refractivity contribution is 9.10. The number of hydrogen-bond donors (Lipinski definition) is 0. The van der Waals surface area contributed by atoms with Crippen LogP contribution in [0.25, 0.3) is 6.08 Å². The van der Waals surface area contributed by atoms with Crippen molar-refractivity contribution in [1.29, 1.82) is 0 Å². The molecule has 0 radical (unpaired) electrons. The van der Waals surface area contributed by atoms with Gasteiger partial charge in [-0.1, -0.05) is 24.3 Å². The van der Waals surface area contributed by atoms with Gasteiger partial charge in [-0.25, -0.2) is 4.90 Å². The lowest BCUT2D eigenvalue weighted by molar-refractivity contribution is -0.132. The molecule has 2 amide bonds. The lowest BCUT2D eigenvalue weighted by atomic mass is 9.83. The molecule has 9 heteroatoms. The molecule has 2 fully saturated rings. The maximum Gasteiger partial charge on any atom is 0.308 e. The predicted octanol–water partition coefficient (Wildman–Crippen LogP) is 4.78. The van der Waals surface area contributed by atoms with Crippen LogP contribution in [-0.4, -0.2) is 41.6 Å². The van der Waals surface area contributed by atoms with Crippen LogP contribution in [0.1, 0.15) is 34.5 Å². The standard InChI is InChI=1S/C30H23BrN2O6/c1-16(34)39-20-10-8-19(9-11-20)33-29(36)24-25(30(33)37)27(28(35)18-7-12-23(38-2)22(31)15-18)32-14-13-17-5-3-4-6-21(17)26(24)32/h3-15,24-27H,1-2H3. The second kappa shape index (κ2) is 9.50. The van der Waals surface area contributed by atoms with E-state index in [-0.39, 0.29) is 11.7 Å². The molecule has 0 spiro atoms. The van der Waals surface area contributed by atoms with E-state index in [0.717, 1.165) is 16.0 Å². The topological polar surface area (TPSA) is 93.2 Å². The second-order valence-corrected chi connectivity index (χ2v) is 10.5. The third kappa shape index (κ3) is 3.96. The average Bonchev–Trinajstić information content (AvgIpc) is 3.40. The smallest absolute Gasteiger partial charge is 0.308 e. The lowest BCUT2D eigenvalue weighted by Crippen LogP contribution is -2.44. The highest BCUT2D eigenvalue weighted by Gasteiger charge is 2.64. The number of nitrogens with zero attached hydrogens (tertiary/aromatic N) is 2. The van der Waals surface area contributed by atoms with Crippen molar-refractivity contribution in [2.45, 2.75) is 19.0 Å². The van der Waals surface area contributed by atoms with E-state index < -0.39 is 35.8 Å². The zero-order valence-corrected chi connectivity index (χ0v) is 22.6. The van der Waals surface area contributed by atoms with Gasteiger partial charge in [0.1, 0.15) is 17.5 Å². The molecule has 39 heavy (non-hydrogen) atoms. The van der Waals surface area contributed by atoms with Crippen LogP contribution in [0.5, 0.6) is 11.5 Å². The summed E-state index contributed by atoms with van der Waals surface area (Å²) in [7, 11) is 1.54. The molecule has 0 N–H and O–H groups in total. The molecule has 3 aromatic rings. The highest BCUT2D eigenvalue weighted by atomic mass is 79.9. The zero-order chi connectivity index (χ0) is 27.4. The van der Waals surface area contributed by atoms with Gasteiger partial charge in [0.25, 0.3) is 0 Å². The molecule has 3 heterocycles. The summed E-state index contributed by atoms with van der Waals surface area (Å²) in [5.41, 5.74) is 2.61. The van der Waals surface area contributed by atoms with E-state index in [1.165, 1.54) is 19.1 Å². The largest absolute Gasteiger partial charge is 0.496 e. The summed E-state index contributed by atoms with van der Waals surface area (Å²) in [6.07, 6.45) is 3.74. The van der Waals surface area contributed by atoms with Crippen molar-refractivity contribution < 1.29 is 28.7 Å². The number of benzene rings is 3. The number of ether oxygens (including phenoxy) is 2. The Morgan fingerprint density at radius 3 is 2.33 bits per heavy atom. The number of halogens is 1. The summed E-state index contributed by atoms with van der Waals surface area (Å²) in [6.45, 7) is 1.29. The van der Waals surface area contributed by atoms with E-state index in [4.69, 9.17) is 9.47 Å². The maximum absolute atomic E-state index is 14.1. The summed E-state index contributed by atoms with van der Waals surface area (Å²) in [5.74, 6) is -2.29. The molecule has 0 aromatic heterocycles. The molecule has 6 rings (SSSR count). The Labute approximate surface area is 232 Å². The number of imide groups is 1. The molecule has 4 atom stereocenters. The molecule has 0 aliphatic carbocycles. The number of anilines is 1. The molecule has 3 aliphatic heterocycles. The van der Waals surface area contributed by atoms with Crippen LogP contribution in [0.2, 0.25) is 0 Å². The predicted molar refractivity (Wildman–Crippen MR) is 146 cm³/mol. The summed E-state index contributed by atoms with van der Waals surface area (Å²) in [6, 6.07) is 17.6. The number of fused-ring (bicyclic) bond motifs is 5. The Kier molecular flexibility index (Phi) is 6.10. The van der Waals surface area contributed by atoms with Crippen LogP contribution in [0.4, 0.5) is 5.69 Å². The first-order valence-corrected chi connectivity index (χ1v) is 13.2. The summed E-state index contributed by atoms with van der Waals surface area (Å²) < 4.78 is 11.0. The number of rotatable bonds is 5. The monoisotopic (exact) mass is 586 g/mol. The quantitative estimate of drug-likeness (QED) is 0.184. The third-order valence-corrected chi connectivity index (χ3v) is 8.14. The van der Waals surface area contributed by atoms with Gasteiger partial charge in [0.15, 0.2) is 5.78 Å². The second-order valence-electron chi connectivity index (χ2n) is 9.65. The van der Waals surface area contributed by atoms with Gasteiger partial charge in [-0.2, -0.15) is 0 Å². The first-order valence-electron chi connectivity index (χ1n) is 12.4. The lowest BCUT2D eigenvalue weighted by Gasteiger charge is -2.35. The molecule has 2 saturated heterocycles. The van der Waals surface area contributed by atoms with Gasteiger partial charge in [0, 0.05) is 18.7 Å². The van der Waals surface area contributed by atoms with Crippen molar-refractivity contribution in [1.82, 2.24) is 4.90 Å². The Morgan fingerprint density at radius 1 is 0.923 bits per heavy atom. The molecule has 0 bridgehead atoms. The molecule has 196 valence electrons. The van der Waals surface area contributed by atoms with Crippen molar-refractivity contribution in [2.75, 3.05) is 12.0 Å². The fourth-order valence-corrected chi connectivity index (χ4v) is 6.47. The van der Waals surface area contributed by atoms with Gasteiger partial charge < -0.3 is 14.4 Å². The SMILES string of the molecule is COc1ccc(C(=O)C2C3C(=O)N(c4ccc(OC(C)=O)cc4)C(=O)C3C3c4ccccc4C=CN23)cc1Br. The van der Waals surface area contributed by atoms with E-state index in [2.05, 4.69) is 15.9 Å². The molecular weight excluding hydrogens is 564 g/mol. The summed E-state index contributed by atoms with van der Waals surface area (Å²) in [4.78, 5) is 56.4. The minimum atomic E-state index is -0.889. The molecule has 3 aromatic carbocycles. The van der Waals surface area contributed by atoms with Crippen molar-refractivity contribution in [2.24, 2.45) is 11.8 Å². The first kappa shape index (κ1) is 25.1. The van der Waals surface area contributed by atoms with Crippen LogP contribution in [-0.2, 0) is 14.4 Å². The van der Waals surface area contributed by atoms with Crippen LogP contribution >= 0.6 is 15.9 Å². The number of hydrogen-bond acceptors (Lipinski definition) is 7. The van der Waals surface area contributed by atoms with Gasteiger partial charge in [-0.3, -0.25) is 19.2 Å². The number of carbonyl (C=O) groups is 4. The number of esters is 1. The third-order valence-electron chi connectivity index (χ3n) is 7.52. The van der Waals surface area contributed by atoms with E-state index >= 15 is 0 Å². The van der Waals surface area contributed by atoms with Gasteiger partial charge in [0.2, 0.25) is 11.8 Å². The van der Waals surface area contributed by atoms with Gasteiger partial charge in [-0.05, 0) is 75.6 Å². The van der Waals surface area contributed by atoms with Crippen molar-refractivity contribution >= 4 is 51.3 Å². The van der Waals surface area contributed by atoms with E-state index in [0.29, 0.717) is 27.2 Å². The Hall–Kier alpha value is -4.24. The zero-order valence-electron chi connectivity index (χ0n) is 21.0. The first-order chi connectivity index (χ1) is 18.8. The molecule has 3 aliphatic rings. The molecular formula is C30H23BrN2O6. The van der Waals surface area contributed by atoms with Crippen molar-refractivity contribution in [3.63, 3.8) is 0 Å².